The van der Waals surface area contributed by atoms with Crippen LogP contribution in [0.25, 0.3) is 0 Å². The Balaban J connectivity index is 2.04. The van der Waals surface area contributed by atoms with E-state index >= 15 is 0 Å². The molecule has 1 heterocycles. The Hall–Kier alpha value is -3.07. The number of esters is 2. The van der Waals surface area contributed by atoms with E-state index in [9.17, 15) is 14.4 Å². The van der Waals surface area contributed by atoms with Gasteiger partial charge in [-0.05, 0) is 58.4 Å². The fraction of sp³-hybridized carbons (Fsp3) is 0.409. The van der Waals surface area contributed by atoms with Crippen LogP contribution in [-0.2, 0) is 14.3 Å². The number of carbonyl (C=O) groups excluding carboxylic acids is 3. The number of thiophene rings is 1. The van der Waals surface area contributed by atoms with Crippen LogP contribution in [-0.4, -0.2) is 44.3 Å². The summed E-state index contributed by atoms with van der Waals surface area (Å²) in [7, 11) is 1.47. The number of rotatable bonds is 9. The molecule has 9 heteroatoms. The highest BCUT2D eigenvalue weighted by Gasteiger charge is 2.22. The normalized spacial score (nSPS) is 10.5. The van der Waals surface area contributed by atoms with E-state index in [1.165, 1.54) is 30.6 Å². The van der Waals surface area contributed by atoms with Crippen LogP contribution in [0.1, 0.15) is 51.9 Å². The number of ether oxygens (including phenoxy) is 4. The lowest BCUT2D eigenvalue weighted by atomic mass is 10.1. The number of benzene rings is 1. The summed E-state index contributed by atoms with van der Waals surface area (Å²) in [4.78, 5) is 37.8. The minimum Gasteiger partial charge on any atom is -0.493 e. The van der Waals surface area contributed by atoms with E-state index in [-0.39, 0.29) is 18.3 Å². The van der Waals surface area contributed by atoms with Crippen molar-refractivity contribution < 1.29 is 33.3 Å². The van der Waals surface area contributed by atoms with Gasteiger partial charge in [0.15, 0.2) is 18.1 Å². The molecule has 0 aliphatic carbocycles. The van der Waals surface area contributed by atoms with Crippen molar-refractivity contribution in [1.82, 2.24) is 0 Å². The highest BCUT2D eigenvalue weighted by atomic mass is 32.1. The van der Waals surface area contributed by atoms with Crippen LogP contribution in [0.2, 0.25) is 0 Å². The monoisotopic (exact) mass is 449 g/mol. The van der Waals surface area contributed by atoms with Gasteiger partial charge in [0.1, 0.15) is 5.00 Å². The third-order valence-electron chi connectivity index (χ3n) is 4.21. The van der Waals surface area contributed by atoms with Crippen LogP contribution >= 0.6 is 11.3 Å². The van der Waals surface area contributed by atoms with Crippen LogP contribution in [0.4, 0.5) is 5.00 Å². The summed E-state index contributed by atoms with van der Waals surface area (Å²) in [6.07, 6.45) is -0.0561. The van der Waals surface area contributed by atoms with Crippen LogP contribution in [0.3, 0.4) is 0 Å². The van der Waals surface area contributed by atoms with Crippen LogP contribution < -0.4 is 14.8 Å². The Morgan fingerprint density at radius 2 is 1.77 bits per heavy atom. The van der Waals surface area contributed by atoms with E-state index in [1.54, 1.807) is 19.9 Å². The van der Waals surface area contributed by atoms with Gasteiger partial charge in [0, 0.05) is 4.88 Å². The molecule has 0 saturated heterocycles. The van der Waals surface area contributed by atoms with E-state index in [2.05, 4.69) is 5.32 Å². The number of carbonyl (C=O) groups is 3. The minimum absolute atomic E-state index is 0.0561. The highest BCUT2D eigenvalue weighted by Crippen LogP contribution is 2.33. The maximum absolute atomic E-state index is 12.4. The first kappa shape index (κ1) is 24.2. The largest absolute Gasteiger partial charge is 0.493 e. The lowest BCUT2D eigenvalue weighted by molar-refractivity contribution is -0.119. The van der Waals surface area contributed by atoms with Gasteiger partial charge in [-0.1, -0.05) is 0 Å². The quantitative estimate of drug-likeness (QED) is 0.575. The molecule has 0 aliphatic rings. The molecular weight excluding hydrogens is 422 g/mol. The molecule has 0 radical (unpaired) electrons. The second kappa shape index (κ2) is 10.8. The minimum atomic E-state index is -0.686. The number of nitrogens with one attached hydrogen (secondary N) is 1. The number of aryl methyl sites for hydroxylation is 1. The summed E-state index contributed by atoms with van der Waals surface area (Å²) in [6, 6.07) is 4.63. The molecule has 0 spiro atoms. The van der Waals surface area contributed by atoms with Crippen molar-refractivity contribution in [2.75, 3.05) is 25.6 Å². The molecule has 0 aliphatic heterocycles. The number of hydrogen-bond acceptors (Lipinski definition) is 8. The zero-order valence-corrected chi connectivity index (χ0v) is 19.3. The molecule has 168 valence electrons. The average molecular weight is 450 g/mol. The number of methoxy groups -OCH3 is 1. The van der Waals surface area contributed by atoms with Crippen LogP contribution in [0, 0.1) is 13.8 Å². The molecule has 2 rings (SSSR count). The molecule has 2 aromatic rings. The Kier molecular flexibility index (Phi) is 8.44. The third kappa shape index (κ3) is 6.21. The summed E-state index contributed by atoms with van der Waals surface area (Å²) in [5.41, 5.74) is 1.27. The van der Waals surface area contributed by atoms with Crippen molar-refractivity contribution in [2.45, 2.75) is 40.7 Å². The molecule has 0 fully saturated rings. The lowest BCUT2D eigenvalue weighted by Crippen LogP contribution is -2.22. The van der Waals surface area contributed by atoms with Crippen molar-refractivity contribution >= 4 is 34.2 Å². The molecule has 1 aromatic heterocycles. The fourth-order valence-electron chi connectivity index (χ4n) is 2.69. The highest BCUT2D eigenvalue weighted by molar-refractivity contribution is 7.16. The SMILES string of the molecule is CCOC(=O)c1c(NC(=O)COC(=O)c2ccc(OC(C)C)c(OC)c2)sc(C)c1C. The molecule has 31 heavy (non-hydrogen) atoms. The summed E-state index contributed by atoms with van der Waals surface area (Å²) in [5, 5.41) is 3.00. The van der Waals surface area contributed by atoms with Gasteiger partial charge in [0.05, 0.1) is 30.9 Å². The predicted molar refractivity (Wildman–Crippen MR) is 117 cm³/mol. The Morgan fingerprint density at radius 1 is 1.06 bits per heavy atom. The van der Waals surface area contributed by atoms with E-state index in [0.29, 0.717) is 22.1 Å². The third-order valence-corrected chi connectivity index (χ3v) is 5.34. The van der Waals surface area contributed by atoms with Crippen molar-refractivity contribution in [1.29, 1.82) is 0 Å². The van der Waals surface area contributed by atoms with Gasteiger partial charge in [-0.25, -0.2) is 9.59 Å². The lowest BCUT2D eigenvalue weighted by Gasteiger charge is -2.14. The smallest absolute Gasteiger partial charge is 0.341 e. The number of hydrogen-bond donors (Lipinski definition) is 1. The standard InChI is InChI=1S/C22H27NO7S/c1-7-28-22(26)19-13(4)14(5)31-20(19)23-18(24)11-29-21(25)15-8-9-16(30-12(2)3)17(10-15)27-6/h8-10,12H,7,11H2,1-6H3,(H,23,24). The molecule has 1 amide bonds. The van der Waals surface area contributed by atoms with Gasteiger partial charge < -0.3 is 24.3 Å². The molecule has 0 saturated carbocycles. The second-order valence-electron chi connectivity index (χ2n) is 6.86. The van der Waals surface area contributed by atoms with Gasteiger partial charge in [0.2, 0.25) is 0 Å². The van der Waals surface area contributed by atoms with Crippen LogP contribution in [0.5, 0.6) is 11.5 Å². The Bertz CT molecular complexity index is 965. The summed E-state index contributed by atoms with van der Waals surface area (Å²) < 4.78 is 21.0. The molecule has 8 nitrogen and oxygen atoms in total. The topological polar surface area (TPSA) is 100 Å². The molecule has 0 bridgehead atoms. The van der Waals surface area contributed by atoms with Crippen molar-refractivity contribution in [3.63, 3.8) is 0 Å². The zero-order chi connectivity index (χ0) is 23.1. The molecule has 1 aromatic carbocycles. The van der Waals surface area contributed by atoms with Gasteiger partial charge in [0.25, 0.3) is 5.91 Å². The van der Waals surface area contributed by atoms with E-state index in [1.807, 2.05) is 20.8 Å². The van der Waals surface area contributed by atoms with E-state index in [4.69, 9.17) is 18.9 Å². The van der Waals surface area contributed by atoms with Crippen LogP contribution in [0.15, 0.2) is 18.2 Å². The predicted octanol–water partition coefficient (Wildman–Crippen LogP) is 4.13. The number of anilines is 1. The van der Waals surface area contributed by atoms with Gasteiger partial charge in [-0.15, -0.1) is 11.3 Å². The molecule has 1 N–H and O–H groups in total. The molecule has 0 unspecified atom stereocenters. The Labute approximate surface area is 185 Å². The van der Waals surface area contributed by atoms with Gasteiger partial charge >= 0.3 is 11.9 Å². The fourth-order valence-corrected chi connectivity index (χ4v) is 3.75. The maximum atomic E-state index is 12.4. The van der Waals surface area contributed by atoms with Crippen molar-refractivity contribution in [2.24, 2.45) is 0 Å². The van der Waals surface area contributed by atoms with Gasteiger partial charge in [-0.2, -0.15) is 0 Å². The van der Waals surface area contributed by atoms with Gasteiger partial charge in [-0.3, -0.25) is 4.79 Å². The summed E-state index contributed by atoms with van der Waals surface area (Å²) in [6.45, 7) is 8.81. The number of amides is 1. The zero-order valence-electron chi connectivity index (χ0n) is 18.5. The first-order valence-corrected chi connectivity index (χ1v) is 10.6. The molecule has 0 atom stereocenters. The second-order valence-corrected chi connectivity index (χ2v) is 8.09. The Morgan fingerprint density at radius 3 is 2.39 bits per heavy atom. The first-order valence-electron chi connectivity index (χ1n) is 9.76. The van der Waals surface area contributed by atoms with Crippen molar-refractivity contribution in [3.8, 4) is 11.5 Å². The van der Waals surface area contributed by atoms with E-state index < -0.39 is 24.5 Å². The summed E-state index contributed by atoms with van der Waals surface area (Å²) >= 11 is 1.26. The van der Waals surface area contributed by atoms with Crippen molar-refractivity contribution in [3.05, 3.63) is 39.8 Å². The maximum Gasteiger partial charge on any atom is 0.341 e. The first-order chi connectivity index (χ1) is 14.7. The summed E-state index contributed by atoms with van der Waals surface area (Å²) in [5.74, 6) is -0.869. The average Bonchev–Trinajstić information content (AvgIpc) is 2.99. The molecular formula is C22H27NO7S. The van der Waals surface area contributed by atoms with E-state index in [0.717, 1.165) is 10.4 Å².